The number of carbonyl (C=O) groups excluding carboxylic acids is 1. The summed E-state index contributed by atoms with van der Waals surface area (Å²) in [6.07, 6.45) is 38.5. The molecule has 0 radical (unpaired) electrons. The van der Waals surface area contributed by atoms with Crippen LogP contribution in [-0.2, 0) is 9.53 Å². The molecule has 0 aromatic carbocycles. The van der Waals surface area contributed by atoms with Crippen LogP contribution in [0.3, 0.4) is 0 Å². The molecule has 2 rings (SSSR count). The molecule has 1 saturated heterocycles. The number of hydrogen-bond donors (Lipinski definition) is 15. The molecule has 492 valence electrons. The number of aliphatic hydroxyl groups excluding tert-OH is 12. The van der Waals surface area contributed by atoms with Gasteiger partial charge in [0.1, 0.15) is 6.10 Å². The minimum atomic E-state index is -1.05. The topological polar surface area (TPSA) is 349 Å². The maximum absolute atomic E-state index is 11.3. The molecule has 0 bridgehead atoms. The largest absolute Gasteiger partial charge is 0.393 e. The first-order valence-electron chi connectivity index (χ1n) is 31.6. The second-order valence-electron chi connectivity index (χ2n) is 23.9. The fourth-order valence-electron chi connectivity index (χ4n) is 10.3. The zero-order chi connectivity index (χ0) is 64.5. The SMILES string of the molecule is CC(=O)/C(C)=C/C=C/C=C/CC/C=C/C(C)C(O)C(C)C(O)/C=C/C=C/C=C/C=C/C=C/C=C/CC(O)C(C)C(CC(O)CC(O)/C=C/CC(O)CC(O)CC(O)C1OC1CC(O)CC(O)/C=C/CC(O)CC(O)CCCN=C(N)N)NC1CCCC1. The molecule has 0 aromatic rings. The van der Waals surface area contributed by atoms with Gasteiger partial charge in [-0.1, -0.05) is 173 Å². The number of carbonyl (C=O) groups is 1. The molecule has 0 amide bonds. The predicted molar refractivity (Wildman–Crippen MR) is 348 cm³/mol. The van der Waals surface area contributed by atoms with E-state index in [4.69, 9.17) is 16.2 Å². The number of Topliss-reactive ketones (excluding diaryl/α,β-unsaturated/α-hetero) is 1. The van der Waals surface area contributed by atoms with Crippen molar-refractivity contribution < 1.29 is 70.8 Å². The molecule has 0 spiro atoms. The van der Waals surface area contributed by atoms with E-state index in [1.54, 1.807) is 44.2 Å². The first-order chi connectivity index (χ1) is 41.5. The zero-order valence-electron chi connectivity index (χ0n) is 52.5. The highest BCUT2D eigenvalue weighted by atomic mass is 16.6. The van der Waals surface area contributed by atoms with Crippen LogP contribution < -0.4 is 16.8 Å². The molecule has 1 aliphatic heterocycles. The quantitative estimate of drug-likeness (QED) is 0.00606. The van der Waals surface area contributed by atoms with Crippen molar-refractivity contribution in [1.82, 2.24) is 5.32 Å². The molecule has 0 aromatic heterocycles. The van der Waals surface area contributed by atoms with Crippen LogP contribution in [0.1, 0.15) is 150 Å². The Morgan fingerprint density at radius 2 is 1.10 bits per heavy atom. The van der Waals surface area contributed by atoms with Gasteiger partial charge in [-0.05, 0) is 102 Å². The summed E-state index contributed by atoms with van der Waals surface area (Å²) in [6, 6.07) is 0.0896. The number of guanidine groups is 1. The van der Waals surface area contributed by atoms with Crippen molar-refractivity contribution in [1.29, 1.82) is 0 Å². The van der Waals surface area contributed by atoms with Crippen LogP contribution in [0.15, 0.2) is 150 Å². The van der Waals surface area contributed by atoms with Crippen molar-refractivity contribution >= 4 is 11.7 Å². The Morgan fingerprint density at radius 3 is 1.71 bits per heavy atom. The predicted octanol–water partition coefficient (Wildman–Crippen LogP) is 6.28. The average Bonchev–Trinajstić information content (AvgIpc) is 2.18. The summed E-state index contributed by atoms with van der Waals surface area (Å²) in [5, 5.41) is 131. The number of ether oxygens (including phenoxy) is 1. The molecule has 18 atom stereocenters. The lowest BCUT2D eigenvalue weighted by molar-refractivity contribution is -0.113. The standard InChI is InChI=1S/C69H112N4O14/c1-48(52(5)74)29-20-16-12-11-13-17-21-30-49(2)67(86)51(4)64(84)39-23-19-15-10-8-6-7-9-14-18-22-38-63(83)50(3)62(73-53-31-24-25-32-53)45-59(80)42-55(76)34-27-35-56(77)43-60(81)46-65(85)68-66(87-68)47-61(82)44-57(78)36-26-33-54(75)41-58(79)37-28-40-72-69(70)71/h6-12,14-16,18-23,26-27,29-30,34,36,39,49-51,53-68,73,75-86H,13,17,24-25,28,31-33,35,37-38,40-47H2,1-5H3,(H4,70,71,72)/b7-6+,10-8+,12-11+,14-9+,19-15+,20-16+,22-18+,30-21+,34-27+,36-26+,39-23+,48-29+. The van der Waals surface area contributed by atoms with Gasteiger partial charge in [-0.2, -0.15) is 0 Å². The van der Waals surface area contributed by atoms with E-state index in [-0.39, 0.29) is 92.9 Å². The number of allylic oxidation sites excluding steroid dienone is 17. The van der Waals surface area contributed by atoms with Gasteiger partial charge in [-0.25, -0.2) is 0 Å². The van der Waals surface area contributed by atoms with E-state index in [2.05, 4.69) is 10.3 Å². The number of rotatable bonds is 47. The summed E-state index contributed by atoms with van der Waals surface area (Å²) < 4.78 is 5.55. The molecule has 2 aliphatic rings. The first-order valence-corrected chi connectivity index (χ1v) is 31.6. The van der Waals surface area contributed by atoms with Crippen LogP contribution in [0, 0.1) is 17.8 Å². The van der Waals surface area contributed by atoms with Gasteiger partial charge in [0.15, 0.2) is 11.7 Å². The number of nitrogens with zero attached hydrogens (tertiary/aromatic N) is 1. The molecule has 1 aliphatic carbocycles. The summed E-state index contributed by atoms with van der Waals surface area (Å²) in [6.45, 7) is 9.46. The minimum absolute atomic E-state index is 0.00762. The van der Waals surface area contributed by atoms with Gasteiger partial charge in [0.25, 0.3) is 0 Å². The molecular weight excluding hydrogens is 1110 g/mol. The van der Waals surface area contributed by atoms with Crippen molar-refractivity contribution in [3.8, 4) is 0 Å². The molecule has 2 fully saturated rings. The molecule has 18 unspecified atom stereocenters. The van der Waals surface area contributed by atoms with E-state index >= 15 is 0 Å². The van der Waals surface area contributed by atoms with E-state index in [1.165, 1.54) is 12.2 Å². The lowest BCUT2D eigenvalue weighted by atomic mass is 9.88. The second-order valence-corrected chi connectivity index (χ2v) is 23.9. The van der Waals surface area contributed by atoms with Crippen LogP contribution in [0.25, 0.3) is 0 Å². The van der Waals surface area contributed by atoms with Crippen molar-refractivity contribution in [2.75, 3.05) is 6.54 Å². The summed E-state index contributed by atoms with van der Waals surface area (Å²) >= 11 is 0. The van der Waals surface area contributed by atoms with Crippen LogP contribution in [0.4, 0.5) is 0 Å². The van der Waals surface area contributed by atoms with Crippen molar-refractivity contribution in [3.63, 3.8) is 0 Å². The van der Waals surface area contributed by atoms with Gasteiger partial charge in [-0.3, -0.25) is 9.79 Å². The Kier molecular flexibility index (Phi) is 41.8. The molecule has 1 heterocycles. The van der Waals surface area contributed by atoms with Crippen LogP contribution >= 0.6 is 0 Å². The summed E-state index contributed by atoms with van der Waals surface area (Å²) in [7, 11) is 0. The Bertz CT molecular complexity index is 2260. The molecular formula is C69H112N4O14. The normalized spacial score (nSPS) is 22.4. The van der Waals surface area contributed by atoms with Gasteiger partial charge in [0.05, 0.1) is 79.4 Å². The number of nitrogens with two attached hydrogens (primary N) is 2. The Balaban J connectivity index is 1.70. The summed E-state index contributed by atoms with van der Waals surface area (Å²) in [4.78, 5) is 15.1. The fourth-order valence-corrected chi connectivity index (χ4v) is 10.3. The number of aliphatic hydroxyl groups is 12. The Morgan fingerprint density at radius 1 is 0.563 bits per heavy atom. The number of aliphatic imine (C=N–C) groups is 1. The fraction of sp³-hybridized carbons (Fsp3) is 0.623. The molecule has 87 heavy (non-hydrogen) atoms. The third-order valence-corrected chi connectivity index (χ3v) is 15.9. The maximum atomic E-state index is 11.3. The minimum Gasteiger partial charge on any atom is -0.393 e. The zero-order valence-corrected chi connectivity index (χ0v) is 52.5. The van der Waals surface area contributed by atoms with Crippen molar-refractivity contribution in [3.05, 3.63) is 145 Å². The van der Waals surface area contributed by atoms with E-state index < -0.39 is 85.5 Å². The number of ketones is 1. The molecule has 17 N–H and O–H groups in total. The molecule has 1 saturated carbocycles. The van der Waals surface area contributed by atoms with Crippen LogP contribution in [0.2, 0.25) is 0 Å². The number of hydrogen-bond acceptors (Lipinski definition) is 16. The van der Waals surface area contributed by atoms with Crippen LogP contribution in [0.5, 0.6) is 0 Å². The van der Waals surface area contributed by atoms with E-state index in [0.717, 1.165) is 38.5 Å². The van der Waals surface area contributed by atoms with Gasteiger partial charge in [0.2, 0.25) is 0 Å². The highest BCUT2D eigenvalue weighted by Gasteiger charge is 2.45. The van der Waals surface area contributed by atoms with Gasteiger partial charge < -0.3 is 82.8 Å². The summed E-state index contributed by atoms with van der Waals surface area (Å²) in [5.74, 6) is -0.643. The van der Waals surface area contributed by atoms with Crippen molar-refractivity contribution in [2.45, 2.75) is 248 Å². The highest BCUT2D eigenvalue weighted by Crippen LogP contribution is 2.33. The van der Waals surface area contributed by atoms with E-state index in [9.17, 15) is 66.1 Å². The van der Waals surface area contributed by atoms with E-state index in [1.807, 2.05) is 118 Å². The summed E-state index contributed by atoms with van der Waals surface area (Å²) in [5.41, 5.74) is 11.3. The first kappa shape index (κ1) is 78.4. The average molecular weight is 1220 g/mol. The van der Waals surface area contributed by atoms with Gasteiger partial charge >= 0.3 is 0 Å². The van der Waals surface area contributed by atoms with Gasteiger partial charge in [0, 0.05) is 56.1 Å². The molecule has 18 nitrogen and oxygen atoms in total. The third-order valence-electron chi connectivity index (χ3n) is 15.9. The van der Waals surface area contributed by atoms with E-state index in [0.29, 0.717) is 37.8 Å². The second kappa shape index (κ2) is 46.4. The lowest BCUT2D eigenvalue weighted by Gasteiger charge is -2.33. The maximum Gasteiger partial charge on any atom is 0.185 e. The van der Waals surface area contributed by atoms with Crippen LogP contribution in [-0.4, -0.2) is 177 Å². The monoisotopic (exact) mass is 1220 g/mol. The Hall–Kier alpha value is -4.74. The number of epoxide rings is 1. The Labute approximate surface area is 519 Å². The van der Waals surface area contributed by atoms with Crippen molar-refractivity contribution in [2.24, 2.45) is 34.2 Å². The lowest BCUT2D eigenvalue weighted by Crippen LogP contribution is -2.46. The number of unbranched alkanes of at least 4 members (excludes halogenated alkanes) is 1. The smallest absolute Gasteiger partial charge is 0.185 e. The third kappa shape index (κ3) is 38.4. The van der Waals surface area contributed by atoms with Gasteiger partial charge in [-0.15, -0.1) is 0 Å². The highest BCUT2D eigenvalue weighted by molar-refractivity contribution is 5.92. The number of nitrogens with one attached hydrogen (secondary N) is 1. The molecule has 18 heteroatoms.